The number of hydrogen-bond donors (Lipinski definition) is 1. The van der Waals surface area contributed by atoms with Crippen LogP contribution in [-0.4, -0.2) is 36.6 Å². The van der Waals surface area contributed by atoms with Gasteiger partial charge in [-0.1, -0.05) is 25.3 Å². The van der Waals surface area contributed by atoms with E-state index in [0.29, 0.717) is 6.04 Å². The van der Waals surface area contributed by atoms with E-state index in [-0.39, 0.29) is 0 Å². The van der Waals surface area contributed by atoms with E-state index in [2.05, 4.69) is 41.4 Å². The first-order chi connectivity index (χ1) is 9.29. The standard InChI is InChI=1S/C16H27N3/c1-17-16(14-8-4-3-5-9-14)13-19(2)12-15-10-6-7-11-18-15/h6-7,10-11,14,16-17H,3-5,8-9,12-13H2,1-2H3. The predicted molar refractivity (Wildman–Crippen MR) is 80.0 cm³/mol. The van der Waals surface area contributed by atoms with Gasteiger partial charge in [-0.05, 0) is 45.0 Å². The van der Waals surface area contributed by atoms with Crippen molar-refractivity contribution in [1.29, 1.82) is 0 Å². The average Bonchev–Trinajstić information content (AvgIpc) is 2.47. The van der Waals surface area contributed by atoms with Crippen LogP contribution < -0.4 is 5.32 Å². The molecule has 0 bridgehead atoms. The molecule has 1 saturated carbocycles. The molecule has 1 aliphatic rings. The minimum absolute atomic E-state index is 0.619. The number of rotatable bonds is 6. The van der Waals surface area contributed by atoms with Gasteiger partial charge in [0, 0.05) is 25.3 Å². The quantitative estimate of drug-likeness (QED) is 0.853. The lowest BCUT2D eigenvalue weighted by Crippen LogP contribution is -2.43. The lowest BCUT2D eigenvalue weighted by molar-refractivity contribution is 0.206. The smallest absolute Gasteiger partial charge is 0.0543 e. The zero-order valence-electron chi connectivity index (χ0n) is 12.3. The second kappa shape index (κ2) is 7.61. The van der Waals surface area contributed by atoms with Crippen molar-refractivity contribution in [3.05, 3.63) is 30.1 Å². The Morgan fingerprint density at radius 3 is 2.74 bits per heavy atom. The number of nitrogens with zero attached hydrogens (tertiary/aromatic N) is 2. The Labute approximate surface area is 117 Å². The Morgan fingerprint density at radius 1 is 1.32 bits per heavy atom. The topological polar surface area (TPSA) is 28.2 Å². The Bertz CT molecular complexity index is 346. The molecule has 3 heteroatoms. The lowest BCUT2D eigenvalue weighted by atomic mass is 9.83. The first-order valence-electron chi connectivity index (χ1n) is 7.55. The molecule has 1 heterocycles. The molecule has 1 N–H and O–H groups in total. The van der Waals surface area contributed by atoms with Crippen LogP contribution in [-0.2, 0) is 6.54 Å². The fraction of sp³-hybridized carbons (Fsp3) is 0.688. The van der Waals surface area contributed by atoms with E-state index >= 15 is 0 Å². The average molecular weight is 261 g/mol. The largest absolute Gasteiger partial charge is 0.315 e. The summed E-state index contributed by atoms with van der Waals surface area (Å²) in [6.07, 6.45) is 8.90. The number of nitrogens with one attached hydrogen (secondary N) is 1. The fourth-order valence-electron chi connectivity index (χ4n) is 3.18. The van der Waals surface area contributed by atoms with E-state index in [9.17, 15) is 0 Å². The Hall–Kier alpha value is -0.930. The van der Waals surface area contributed by atoms with Gasteiger partial charge in [0.25, 0.3) is 0 Å². The van der Waals surface area contributed by atoms with Gasteiger partial charge in [0.15, 0.2) is 0 Å². The SMILES string of the molecule is CNC(CN(C)Cc1ccccn1)C1CCCCC1. The number of hydrogen-bond acceptors (Lipinski definition) is 3. The van der Waals surface area contributed by atoms with Crippen LogP contribution in [0.25, 0.3) is 0 Å². The van der Waals surface area contributed by atoms with E-state index in [0.717, 1.165) is 24.7 Å². The first kappa shape index (κ1) is 14.5. The molecule has 1 aliphatic carbocycles. The molecular weight excluding hydrogens is 234 g/mol. The van der Waals surface area contributed by atoms with Gasteiger partial charge in [-0.25, -0.2) is 0 Å². The minimum atomic E-state index is 0.619. The molecule has 3 nitrogen and oxygen atoms in total. The number of likely N-dealkylation sites (N-methyl/N-ethyl adjacent to an activating group) is 2. The van der Waals surface area contributed by atoms with Crippen molar-refractivity contribution in [3.8, 4) is 0 Å². The van der Waals surface area contributed by atoms with E-state index in [1.807, 2.05) is 12.3 Å². The maximum Gasteiger partial charge on any atom is 0.0543 e. The van der Waals surface area contributed by atoms with Gasteiger partial charge in [-0.3, -0.25) is 9.88 Å². The summed E-state index contributed by atoms with van der Waals surface area (Å²) in [5.74, 6) is 0.852. The summed E-state index contributed by atoms with van der Waals surface area (Å²) < 4.78 is 0. The summed E-state index contributed by atoms with van der Waals surface area (Å²) in [7, 11) is 4.30. The third-order valence-corrected chi connectivity index (χ3v) is 4.26. The molecule has 0 radical (unpaired) electrons. The monoisotopic (exact) mass is 261 g/mol. The minimum Gasteiger partial charge on any atom is -0.315 e. The zero-order chi connectivity index (χ0) is 13.5. The zero-order valence-corrected chi connectivity index (χ0v) is 12.3. The van der Waals surface area contributed by atoms with Crippen molar-refractivity contribution in [3.63, 3.8) is 0 Å². The summed E-state index contributed by atoms with van der Waals surface area (Å²) in [6.45, 7) is 2.05. The predicted octanol–water partition coefficient (Wildman–Crippen LogP) is 2.68. The van der Waals surface area contributed by atoms with E-state index in [1.54, 1.807) is 0 Å². The van der Waals surface area contributed by atoms with Crippen LogP contribution in [0, 0.1) is 5.92 Å². The molecule has 0 amide bonds. The van der Waals surface area contributed by atoms with Crippen LogP contribution in [0.2, 0.25) is 0 Å². The molecule has 1 aromatic heterocycles. The van der Waals surface area contributed by atoms with Crippen molar-refractivity contribution >= 4 is 0 Å². The maximum atomic E-state index is 4.40. The normalized spacial score (nSPS) is 18.7. The second-order valence-corrected chi connectivity index (χ2v) is 5.81. The van der Waals surface area contributed by atoms with Gasteiger partial charge in [-0.15, -0.1) is 0 Å². The highest BCUT2D eigenvalue weighted by molar-refractivity contribution is 5.03. The highest BCUT2D eigenvalue weighted by Gasteiger charge is 2.23. The molecular formula is C16H27N3. The molecule has 1 aromatic rings. The molecule has 0 spiro atoms. The summed E-state index contributed by atoms with van der Waals surface area (Å²) in [5.41, 5.74) is 1.16. The summed E-state index contributed by atoms with van der Waals surface area (Å²) in [4.78, 5) is 6.79. The Kier molecular flexibility index (Phi) is 5.80. The van der Waals surface area contributed by atoms with Crippen molar-refractivity contribution in [2.75, 3.05) is 20.6 Å². The second-order valence-electron chi connectivity index (χ2n) is 5.81. The molecule has 2 rings (SSSR count). The van der Waals surface area contributed by atoms with Crippen molar-refractivity contribution < 1.29 is 0 Å². The summed E-state index contributed by atoms with van der Waals surface area (Å²) >= 11 is 0. The highest BCUT2D eigenvalue weighted by atomic mass is 15.1. The fourth-order valence-corrected chi connectivity index (χ4v) is 3.18. The van der Waals surface area contributed by atoms with Crippen molar-refractivity contribution in [1.82, 2.24) is 15.2 Å². The Morgan fingerprint density at radius 2 is 2.11 bits per heavy atom. The van der Waals surface area contributed by atoms with Crippen LogP contribution in [0.5, 0.6) is 0 Å². The van der Waals surface area contributed by atoms with Crippen molar-refractivity contribution in [2.45, 2.75) is 44.7 Å². The van der Waals surface area contributed by atoms with Gasteiger partial charge < -0.3 is 5.32 Å². The first-order valence-corrected chi connectivity index (χ1v) is 7.55. The van der Waals surface area contributed by atoms with Gasteiger partial charge in [0.05, 0.1) is 5.69 Å². The molecule has 0 aliphatic heterocycles. The highest BCUT2D eigenvalue weighted by Crippen LogP contribution is 2.26. The summed E-state index contributed by atoms with van der Waals surface area (Å²) in [6, 6.07) is 6.76. The molecule has 1 fully saturated rings. The van der Waals surface area contributed by atoms with E-state index in [4.69, 9.17) is 0 Å². The molecule has 106 valence electrons. The van der Waals surface area contributed by atoms with E-state index in [1.165, 1.54) is 32.1 Å². The number of pyridine rings is 1. The van der Waals surface area contributed by atoms with Crippen LogP contribution in [0.4, 0.5) is 0 Å². The number of aromatic nitrogens is 1. The van der Waals surface area contributed by atoms with Gasteiger partial charge in [0.1, 0.15) is 0 Å². The van der Waals surface area contributed by atoms with Crippen LogP contribution in [0.3, 0.4) is 0 Å². The molecule has 0 saturated heterocycles. The molecule has 1 atom stereocenters. The Balaban J connectivity index is 1.83. The van der Waals surface area contributed by atoms with Gasteiger partial charge in [0.2, 0.25) is 0 Å². The lowest BCUT2D eigenvalue weighted by Gasteiger charge is -2.32. The van der Waals surface area contributed by atoms with Crippen molar-refractivity contribution in [2.24, 2.45) is 5.92 Å². The molecule has 0 aromatic carbocycles. The third kappa shape index (κ3) is 4.59. The third-order valence-electron chi connectivity index (χ3n) is 4.26. The molecule has 1 unspecified atom stereocenters. The van der Waals surface area contributed by atoms with E-state index < -0.39 is 0 Å². The maximum absolute atomic E-state index is 4.40. The van der Waals surface area contributed by atoms with Gasteiger partial charge in [-0.2, -0.15) is 0 Å². The van der Waals surface area contributed by atoms with Crippen LogP contribution in [0.1, 0.15) is 37.8 Å². The molecule has 19 heavy (non-hydrogen) atoms. The van der Waals surface area contributed by atoms with Crippen LogP contribution >= 0.6 is 0 Å². The summed E-state index contributed by atoms with van der Waals surface area (Å²) in [5, 5.41) is 3.53. The van der Waals surface area contributed by atoms with Gasteiger partial charge >= 0.3 is 0 Å². The van der Waals surface area contributed by atoms with Crippen LogP contribution in [0.15, 0.2) is 24.4 Å².